The number of rotatable bonds is 8. The monoisotopic (exact) mass is 812 g/mol. The summed E-state index contributed by atoms with van der Waals surface area (Å²) in [6, 6.07) is 1.75. The van der Waals surface area contributed by atoms with Crippen LogP contribution in [-0.2, 0) is 4.74 Å². The summed E-state index contributed by atoms with van der Waals surface area (Å²) >= 11 is 0. The van der Waals surface area contributed by atoms with Crippen LogP contribution in [-0.4, -0.2) is 91.0 Å². The van der Waals surface area contributed by atoms with E-state index in [1.807, 2.05) is 0 Å². The molecule has 4 atom stereocenters. The highest BCUT2D eigenvalue weighted by molar-refractivity contribution is 6.90. The van der Waals surface area contributed by atoms with Gasteiger partial charge >= 0.3 is 6.01 Å². The van der Waals surface area contributed by atoms with Crippen molar-refractivity contribution in [3.8, 4) is 28.7 Å². The van der Waals surface area contributed by atoms with Crippen LogP contribution in [0, 0.1) is 34.8 Å². The van der Waals surface area contributed by atoms with Crippen LogP contribution >= 0.6 is 0 Å². The molecule has 2 aromatic carbocycles. The molecule has 2 aromatic heterocycles. The first-order valence-corrected chi connectivity index (χ1v) is 21.9. The van der Waals surface area contributed by atoms with E-state index in [-0.39, 0.29) is 100 Å². The molecule has 4 aromatic rings. The van der Waals surface area contributed by atoms with Crippen LogP contribution in [0.25, 0.3) is 32.9 Å². The van der Waals surface area contributed by atoms with Crippen LogP contribution in [0.2, 0.25) is 16.6 Å². The Labute approximate surface area is 332 Å². The molecule has 57 heavy (non-hydrogen) atoms. The van der Waals surface area contributed by atoms with E-state index in [4.69, 9.17) is 17.9 Å². The predicted molar refractivity (Wildman–Crippen MR) is 211 cm³/mol. The molecule has 1 aliphatic carbocycles. The van der Waals surface area contributed by atoms with Crippen molar-refractivity contribution < 1.29 is 38.6 Å². The molecule has 0 bridgehead atoms. The van der Waals surface area contributed by atoms with Crippen molar-refractivity contribution in [2.75, 3.05) is 50.0 Å². The van der Waals surface area contributed by atoms with Crippen LogP contribution in [0.1, 0.15) is 69.1 Å². The Kier molecular flexibility index (Phi) is 9.32. The van der Waals surface area contributed by atoms with Crippen LogP contribution in [0.3, 0.4) is 0 Å². The Hall–Kier alpha value is -4.13. The zero-order valence-electron chi connectivity index (χ0n) is 34.8. The lowest BCUT2D eigenvalue weighted by Crippen LogP contribution is -2.43. The first kappa shape index (κ1) is 37.2. The molecule has 3 saturated heterocycles. The highest BCUT2D eigenvalue weighted by Gasteiger charge is 2.71. The highest BCUT2D eigenvalue weighted by atomic mass is 28.3. The van der Waals surface area contributed by atoms with E-state index in [0.29, 0.717) is 13.0 Å². The molecular formula is C42H48F6N6O2Si. The number of anilines is 2. The normalized spacial score (nSPS) is 25.4. The lowest BCUT2D eigenvalue weighted by atomic mass is 9.95. The van der Waals surface area contributed by atoms with Crippen molar-refractivity contribution >= 4 is 41.3 Å². The number of hydrogen-bond donors (Lipinski definition) is 1. The number of nitrogens with two attached hydrogens (primary N) is 1. The van der Waals surface area contributed by atoms with Gasteiger partial charge < -0.3 is 20.1 Å². The molecule has 0 unspecified atom stereocenters. The van der Waals surface area contributed by atoms with E-state index < -0.39 is 73.2 Å². The number of alkyl halides is 3. The lowest BCUT2D eigenvalue weighted by Gasteiger charge is -2.38. The quantitative estimate of drug-likeness (QED) is 0.0818. The standard InChI is InChI=1S/C42H48F6N6O2Si/c1-22(2)57(23(3)4,24(5)6)13-8-28-33-25(15-32(44)34(28)45)14-27(49)16-29(33)36-35(46)37-30(18-50-36)39(54-11-12-55-20-31-38(54)42(31,47)48)52-40(51-37)56-21-41-9-7-10-53(41)19-26(43)17-41/h14-16,18,22-24,26,31,38H,7,9-12,17,19-21,49H2,1-6H3/t26-,31-,38+,41+/m1/s1/i21D2. The van der Waals surface area contributed by atoms with Crippen LogP contribution in [0.5, 0.6) is 6.01 Å². The minimum Gasteiger partial charge on any atom is -0.461 e. The van der Waals surface area contributed by atoms with Gasteiger partial charge in [0.15, 0.2) is 17.5 Å². The van der Waals surface area contributed by atoms with Gasteiger partial charge in [-0.3, -0.25) is 9.88 Å². The van der Waals surface area contributed by atoms with Gasteiger partial charge in [0.25, 0.3) is 5.92 Å². The van der Waals surface area contributed by atoms with Gasteiger partial charge in [0, 0.05) is 42.3 Å². The van der Waals surface area contributed by atoms with Crippen LogP contribution in [0.4, 0.5) is 37.8 Å². The van der Waals surface area contributed by atoms with Crippen molar-refractivity contribution in [3.63, 3.8) is 0 Å². The number of pyridine rings is 1. The number of ether oxygens (including phenoxy) is 2. The van der Waals surface area contributed by atoms with Gasteiger partial charge in [0.2, 0.25) is 0 Å². The second-order valence-corrected chi connectivity index (χ2v) is 22.5. The molecule has 15 heteroatoms. The lowest BCUT2D eigenvalue weighted by molar-refractivity contribution is 0.0492. The summed E-state index contributed by atoms with van der Waals surface area (Å²) in [5.74, 6) is -4.98. The van der Waals surface area contributed by atoms with Crippen molar-refractivity contribution in [2.24, 2.45) is 5.92 Å². The van der Waals surface area contributed by atoms with E-state index in [0.717, 1.165) is 6.07 Å². The zero-order valence-corrected chi connectivity index (χ0v) is 33.8. The summed E-state index contributed by atoms with van der Waals surface area (Å²) in [6.07, 6.45) is 0.625. The van der Waals surface area contributed by atoms with Gasteiger partial charge in [0.1, 0.15) is 43.9 Å². The topological polar surface area (TPSA) is 89.6 Å². The molecule has 1 saturated carbocycles. The molecule has 4 fully saturated rings. The second-order valence-electron chi connectivity index (χ2n) is 17.0. The third kappa shape index (κ3) is 6.41. The summed E-state index contributed by atoms with van der Waals surface area (Å²) in [7, 11) is -2.50. The minimum atomic E-state index is -3.17. The number of nitrogens with zero attached hydrogens (tertiary/aromatic N) is 5. The van der Waals surface area contributed by atoms with Crippen molar-refractivity contribution in [2.45, 2.75) is 101 Å². The number of halogens is 6. The average Bonchev–Trinajstić information content (AvgIpc) is 3.32. The molecule has 8 nitrogen and oxygen atoms in total. The minimum absolute atomic E-state index is 0.0168. The summed E-state index contributed by atoms with van der Waals surface area (Å²) in [5, 5.41) is 0.121. The first-order chi connectivity index (χ1) is 27.7. The fourth-order valence-electron chi connectivity index (χ4n) is 10.0. The Balaban J connectivity index is 1.35. The van der Waals surface area contributed by atoms with Crippen molar-refractivity contribution in [1.82, 2.24) is 19.9 Å². The van der Waals surface area contributed by atoms with Gasteiger partial charge in [-0.2, -0.15) is 9.97 Å². The SMILES string of the molecule is [2H]C([2H])(Oc1nc(N2CCOC[C@@H]3[C@H]2C3(F)F)c2cnc(-c3cc(N)cc4cc(F)c(F)c(C#C[Si](C(C)C)(C(C)C)C(C)C)c34)c(F)c2n1)[C@@]12CCCN1C[C@H](F)C2. The van der Waals surface area contributed by atoms with Crippen LogP contribution in [0.15, 0.2) is 24.4 Å². The summed E-state index contributed by atoms with van der Waals surface area (Å²) in [4.78, 5) is 16.2. The van der Waals surface area contributed by atoms with E-state index in [9.17, 15) is 4.39 Å². The Morgan fingerprint density at radius 2 is 1.79 bits per heavy atom. The molecule has 8 rings (SSSR count). The van der Waals surface area contributed by atoms with Crippen molar-refractivity contribution in [1.29, 1.82) is 0 Å². The maximum absolute atomic E-state index is 17.5. The first-order valence-electron chi connectivity index (χ1n) is 20.7. The summed E-state index contributed by atoms with van der Waals surface area (Å²) in [6.45, 7) is 10.1. The predicted octanol–water partition coefficient (Wildman–Crippen LogP) is 8.84. The van der Waals surface area contributed by atoms with Crippen LogP contribution < -0.4 is 15.4 Å². The number of benzene rings is 2. The van der Waals surface area contributed by atoms with Gasteiger partial charge in [-0.25, -0.2) is 26.3 Å². The van der Waals surface area contributed by atoms with Crippen molar-refractivity contribution in [3.05, 3.63) is 47.4 Å². The average molecular weight is 813 g/mol. The molecule has 0 amide bonds. The Morgan fingerprint density at radius 1 is 1.05 bits per heavy atom. The maximum Gasteiger partial charge on any atom is 0.319 e. The number of nitrogen functional groups attached to an aromatic ring is 1. The number of fused-ring (bicyclic) bond motifs is 4. The second kappa shape index (κ2) is 14.3. The Bertz CT molecular complexity index is 2390. The van der Waals surface area contributed by atoms with Gasteiger partial charge in [-0.15, -0.1) is 5.54 Å². The molecule has 3 aliphatic heterocycles. The van der Waals surface area contributed by atoms with E-state index in [2.05, 4.69) is 68.0 Å². The molecule has 5 heterocycles. The van der Waals surface area contributed by atoms with Gasteiger partial charge in [0.05, 0.1) is 38.4 Å². The molecule has 0 radical (unpaired) electrons. The van der Waals surface area contributed by atoms with Gasteiger partial charge in [-0.1, -0.05) is 47.5 Å². The zero-order chi connectivity index (χ0) is 42.6. The summed E-state index contributed by atoms with van der Waals surface area (Å²) in [5.41, 5.74) is 7.81. The third-order valence-corrected chi connectivity index (χ3v) is 19.1. The fourth-order valence-corrected chi connectivity index (χ4v) is 15.2. The summed E-state index contributed by atoms with van der Waals surface area (Å²) < 4.78 is 124. The molecule has 2 N–H and O–H groups in total. The Morgan fingerprint density at radius 3 is 2.51 bits per heavy atom. The number of aromatic nitrogens is 3. The highest BCUT2D eigenvalue weighted by Crippen LogP contribution is 2.55. The molecule has 304 valence electrons. The maximum atomic E-state index is 17.5. The van der Waals surface area contributed by atoms with Gasteiger partial charge in [-0.05, 0) is 59.6 Å². The van der Waals surface area contributed by atoms with E-state index in [1.54, 1.807) is 4.90 Å². The molecular weight excluding hydrogens is 763 g/mol. The molecule has 4 aliphatic rings. The third-order valence-electron chi connectivity index (χ3n) is 12.8. The van der Waals surface area contributed by atoms with E-state index >= 15 is 22.0 Å². The fraction of sp³-hybridized carbons (Fsp3) is 0.548. The molecule has 0 spiro atoms. The largest absolute Gasteiger partial charge is 0.461 e. The smallest absolute Gasteiger partial charge is 0.319 e. The number of hydrogen-bond acceptors (Lipinski definition) is 8. The van der Waals surface area contributed by atoms with E-state index in [1.165, 1.54) is 23.2 Å².